The van der Waals surface area contributed by atoms with Gasteiger partial charge >= 0.3 is 0 Å². The summed E-state index contributed by atoms with van der Waals surface area (Å²) < 4.78 is 0. The van der Waals surface area contributed by atoms with Crippen LogP contribution < -0.4 is 0 Å². The molecule has 1 aliphatic rings. The Morgan fingerprint density at radius 3 is 2.42 bits per heavy atom. The lowest BCUT2D eigenvalue weighted by molar-refractivity contribution is -0.120. The van der Waals surface area contributed by atoms with E-state index in [1.165, 1.54) is 37.1 Å². The van der Waals surface area contributed by atoms with E-state index in [0.29, 0.717) is 12.2 Å². The van der Waals surface area contributed by atoms with Crippen LogP contribution in [0.4, 0.5) is 0 Å². The number of benzene rings is 1. The van der Waals surface area contributed by atoms with Crippen LogP contribution in [0.5, 0.6) is 0 Å². The second kappa shape index (κ2) is 6.85. The van der Waals surface area contributed by atoms with E-state index >= 15 is 0 Å². The Morgan fingerprint density at radius 2 is 1.84 bits per heavy atom. The number of nitrogens with zero attached hydrogens (tertiary/aromatic N) is 1. The van der Waals surface area contributed by atoms with Gasteiger partial charge in [0, 0.05) is 18.9 Å². The summed E-state index contributed by atoms with van der Waals surface area (Å²) in [7, 11) is 0. The molecule has 2 nitrogen and oxygen atoms in total. The minimum atomic E-state index is 0.0863. The summed E-state index contributed by atoms with van der Waals surface area (Å²) in [5.41, 5.74) is 2.43. The van der Waals surface area contributed by atoms with Crippen molar-refractivity contribution in [2.45, 2.75) is 45.4 Å². The number of carbonyl (C=O) groups excluding carboxylic acids is 1. The van der Waals surface area contributed by atoms with Crippen LogP contribution in [0.2, 0.25) is 0 Å². The van der Waals surface area contributed by atoms with Crippen LogP contribution in [0.1, 0.15) is 49.7 Å². The maximum atomic E-state index is 12.4. The molecule has 2 heteroatoms. The first-order chi connectivity index (χ1) is 9.20. The molecule has 1 saturated heterocycles. The number of rotatable bonds is 6. The summed E-state index contributed by atoms with van der Waals surface area (Å²) in [5, 5.41) is 0. The van der Waals surface area contributed by atoms with Crippen molar-refractivity contribution in [3.8, 4) is 0 Å². The van der Waals surface area contributed by atoms with Crippen LogP contribution in [0.3, 0.4) is 0 Å². The third-order valence-electron chi connectivity index (χ3n) is 4.15. The Balaban J connectivity index is 1.92. The van der Waals surface area contributed by atoms with Gasteiger partial charge in [0.2, 0.25) is 0 Å². The second-order valence-corrected chi connectivity index (χ2v) is 5.64. The third kappa shape index (κ3) is 3.90. The largest absolute Gasteiger partial charge is 0.303 e. The van der Waals surface area contributed by atoms with Crippen LogP contribution in [-0.2, 0) is 4.79 Å². The van der Waals surface area contributed by atoms with Gasteiger partial charge in [-0.15, -0.1) is 0 Å². The molecule has 1 heterocycles. The van der Waals surface area contributed by atoms with Gasteiger partial charge in [-0.25, -0.2) is 0 Å². The highest BCUT2D eigenvalue weighted by Gasteiger charge is 2.20. The lowest BCUT2D eigenvalue weighted by Gasteiger charge is -2.18. The number of aryl methyl sites for hydroxylation is 1. The molecule has 1 aliphatic heterocycles. The van der Waals surface area contributed by atoms with Crippen molar-refractivity contribution in [2.24, 2.45) is 0 Å². The normalized spacial score (nSPS) is 17.6. The van der Waals surface area contributed by atoms with Crippen molar-refractivity contribution >= 4 is 5.78 Å². The van der Waals surface area contributed by atoms with E-state index in [0.717, 1.165) is 13.0 Å². The molecule has 1 fully saturated rings. The van der Waals surface area contributed by atoms with E-state index in [9.17, 15) is 4.79 Å². The van der Waals surface area contributed by atoms with E-state index in [1.54, 1.807) is 0 Å². The van der Waals surface area contributed by atoms with E-state index in [1.807, 2.05) is 0 Å². The highest BCUT2D eigenvalue weighted by Crippen LogP contribution is 2.23. The number of likely N-dealkylation sites (tertiary alicyclic amines) is 1. The molecule has 2 rings (SSSR count). The Bertz CT molecular complexity index is 404. The summed E-state index contributed by atoms with van der Waals surface area (Å²) in [5.74, 6) is 0.487. The number of carbonyl (C=O) groups is 1. The van der Waals surface area contributed by atoms with Crippen molar-refractivity contribution < 1.29 is 4.79 Å². The van der Waals surface area contributed by atoms with Crippen molar-refractivity contribution in [1.29, 1.82) is 0 Å². The summed E-state index contributed by atoms with van der Waals surface area (Å²) >= 11 is 0. The van der Waals surface area contributed by atoms with Crippen LogP contribution in [0.15, 0.2) is 24.3 Å². The van der Waals surface area contributed by atoms with E-state index in [2.05, 4.69) is 43.0 Å². The molecule has 0 bridgehead atoms. The minimum Gasteiger partial charge on any atom is -0.303 e. The Morgan fingerprint density at radius 1 is 1.21 bits per heavy atom. The maximum Gasteiger partial charge on any atom is 0.141 e. The Hall–Kier alpha value is -1.15. The zero-order valence-corrected chi connectivity index (χ0v) is 12.2. The summed E-state index contributed by atoms with van der Waals surface area (Å²) in [6, 6.07) is 8.42. The molecule has 0 saturated carbocycles. The highest BCUT2D eigenvalue weighted by molar-refractivity contribution is 5.85. The van der Waals surface area contributed by atoms with Gasteiger partial charge in [-0.2, -0.15) is 0 Å². The molecule has 1 aromatic rings. The molecule has 0 spiro atoms. The van der Waals surface area contributed by atoms with Gasteiger partial charge in [-0.05, 0) is 44.8 Å². The SMILES string of the molecule is CCC(C(=O)CCN1CCCC1)c1ccc(C)cc1. The second-order valence-electron chi connectivity index (χ2n) is 5.64. The van der Waals surface area contributed by atoms with Crippen molar-refractivity contribution in [2.75, 3.05) is 19.6 Å². The molecule has 0 amide bonds. The summed E-state index contributed by atoms with van der Waals surface area (Å²) in [6.45, 7) is 7.49. The van der Waals surface area contributed by atoms with Gasteiger partial charge in [-0.1, -0.05) is 36.8 Å². The van der Waals surface area contributed by atoms with Gasteiger partial charge in [-0.3, -0.25) is 4.79 Å². The van der Waals surface area contributed by atoms with Gasteiger partial charge in [0.05, 0.1) is 0 Å². The molecule has 0 N–H and O–H groups in total. The van der Waals surface area contributed by atoms with Crippen LogP contribution in [0.25, 0.3) is 0 Å². The van der Waals surface area contributed by atoms with Crippen LogP contribution >= 0.6 is 0 Å². The Labute approximate surface area is 116 Å². The molecule has 1 unspecified atom stereocenters. The Kier molecular flexibility index (Phi) is 5.15. The molecule has 1 aromatic carbocycles. The molecule has 1 atom stereocenters. The van der Waals surface area contributed by atoms with Gasteiger partial charge in [0.1, 0.15) is 5.78 Å². The van der Waals surface area contributed by atoms with Gasteiger partial charge < -0.3 is 4.90 Å². The lowest BCUT2D eigenvalue weighted by Crippen LogP contribution is -2.24. The first-order valence-electron chi connectivity index (χ1n) is 7.52. The smallest absolute Gasteiger partial charge is 0.141 e. The molecular weight excluding hydrogens is 234 g/mol. The van der Waals surface area contributed by atoms with E-state index in [4.69, 9.17) is 0 Å². The molecule has 0 aromatic heterocycles. The number of ketones is 1. The predicted molar refractivity (Wildman–Crippen MR) is 79.5 cm³/mol. The molecular formula is C17H25NO. The molecule has 0 radical (unpaired) electrons. The van der Waals surface area contributed by atoms with E-state index < -0.39 is 0 Å². The fraction of sp³-hybridized carbons (Fsp3) is 0.588. The fourth-order valence-corrected chi connectivity index (χ4v) is 2.90. The summed E-state index contributed by atoms with van der Waals surface area (Å²) in [4.78, 5) is 14.8. The molecule has 104 valence electrons. The van der Waals surface area contributed by atoms with Crippen molar-refractivity contribution in [3.05, 3.63) is 35.4 Å². The van der Waals surface area contributed by atoms with Crippen LogP contribution in [-0.4, -0.2) is 30.3 Å². The highest BCUT2D eigenvalue weighted by atomic mass is 16.1. The average molecular weight is 259 g/mol. The van der Waals surface area contributed by atoms with Crippen molar-refractivity contribution in [1.82, 2.24) is 4.90 Å². The maximum absolute atomic E-state index is 12.4. The lowest BCUT2D eigenvalue weighted by atomic mass is 9.90. The number of hydrogen-bond acceptors (Lipinski definition) is 2. The number of Topliss-reactive ketones (excluding diaryl/α,β-unsaturated/α-hetero) is 1. The molecule has 19 heavy (non-hydrogen) atoms. The monoisotopic (exact) mass is 259 g/mol. The quantitative estimate of drug-likeness (QED) is 0.778. The third-order valence-corrected chi connectivity index (χ3v) is 4.15. The van der Waals surface area contributed by atoms with E-state index in [-0.39, 0.29) is 5.92 Å². The topological polar surface area (TPSA) is 20.3 Å². The standard InChI is InChI=1S/C17H25NO/c1-3-16(15-8-6-14(2)7-9-15)17(19)10-13-18-11-4-5-12-18/h6-9,16H,3-5,10-13H2,1-2H3. The zero-order chi connectivity index (χ0) is 13.7. The predicted octanol–water partition coefficient (Wildman–Crippen LogP) is 3.54. The zero-order valence-electron chi connectivity index (χ0n) is 12.2. The summed E-state index contributed by atoms with van der Waals surface area (Å²) in [6.07, 6.45) is 4.20. The van der Waals surface area contributed by atoms with Crippen LogP contribution in [0, 0.1) is 6.92 Å². The van der Waals surface area contributed by atoms with Gasteiger partial charge in [0.15, 0.2) is 0 Å². The van der Waals surface area contributed by atoms with Gasteiger partial charge in [0.25, 0.3) is 0 Å². The molecule has 0 aliphatic carbocycles. The first kappa shape index (κ1) is 14.3. The van der Waals surface area contributed by atoms with Crippen molar-refractivity contribution in [3.63, 3.8) is 0 Å². The average Bonchev–Trinajstić information content (AvgIpc) is 2.92. The minimum absolute atomic E-state index is 0.0863. The first-order valence-corrected chi connectivity index (χ1v) is 7.52. The fourth-order valence-electron chi connectivity index (χ4n) is 2.90. The number of hydrogen-bond donors (Lipinski definition) is 0.